The minimum atomic E-state index is 0.186. The second-order valence-corrected chi connectivity index (χ2v) is 6.19. The molecule has 1 heterocycles. The van der Waals surface area contributed by atoms with Crippen molar-refractivity contribution in [1.29, 1.82) is 0 Å². The molecule has 0 fully saturated rings. The quantitative estimate of drug-likeness (QED) is 0.611. The van der Waals surface area contributed by atoms with Crippen molar-refractivity contribution in [2.24, 2.45) is 5.92 Å². The Kier molecular flexibility index (Phi) is 8.03. The van der Waals surface area contributed by atoms with E-state index in [4.69, 9.17) is 0 Å². The van der Waals surface area contributed by atoms with Crippen molar-refractivity contribution in [2.75, 3.05) is 5.32 Å². The molecule has 118 valence electrons. The first-order valence-electron chi connectivity index (χ1n) is 8.33. The molecule has 3 heteroatoms. The van der Waals surface area contributed by atoms with Crippen LogP contribution in [0.2, 0.25) is 0 Å². The first kappa shape index (κ1) is 17.7. The van der Waals surface area contributed by atoms with E-state index < -0.39 is 0 Å². The summed E-state index contributed by atoms with van der Waals surface area (Å²) >= 11 is 0. The number of unbranched alkanes of at least 4 members (excludes halogenated alkanes) is 1. The van der Waals surface area contributed by atoms with Crippen molar-refractivity contribution in [1.82, 2.24) is 4.98 Å². The highest BCUT2D eigenvalue weighted by molar-refractivity contribution is 6.00. The lowest BCUT2D eigenvalue weighted by atomic mass is 10.0. The van der Waals surface area contributed by atoms with Crippen molar-refractivity contribution in [3.63, 3.8) is 0 Å². The standard InChI is InChI=1S/C18H30N2O/c1-5-7-10-15(9-6-2)20-18-16(11-8-12-19-18)17(21)13-14(3)4/h8,11-12,14-15H,5-7,9-10,13H2,1-4H3,(H,19,20). The molecule has 1 unspecified atom stereocenters. The van der Waals surface area contributed by atoms with Gasteiger partial charge in [-0.2, -0.15) is 0 Å². The van der Waals surface area contributed by atoms with Crippen LogP contribution in [-0.2, 0) is 0 Å². The molecule has 1 aromatic rings. The summed E-state index contributed by atoms with van der Waals surface area (Å²) in [6.45, 7) is 8.55. The highest BCUT2D eigenvalue weighted by Crippen LogP contribution is 2.20. The Morgan fingerprint density at radius 2 is 2.00 bits per heavy atom. The Balaban J connectivity index is 2.83. The summed E-state index contributed by atoms with van der Waals surface area (Å²) in [6, 6.07) is 4.15. The van der Waals surface area contributed by atoms with E-state index in [1.807, 2.05) is 12.1 Å². The van der Waals surface area contributed by atoms with Crippen LogP contribution in [0.25, 0.3) is 0 Å². The third kappa shape index (κ3) is 6.28. The molecule has 0 saturated heterocycles. The molecule has 1 aromatic heterocycles. The average molecular weight is 290 g/mol. The Morgan fingerprint density at radius 3 is 2.62 bits per heavy atom. The Bertz CT molecular complexity index is 429. The van der Waals surface area contributed by atoms with Gasteiger partial charge in [0.2, 0.25) is 0 Å². The van der Waals surface area contributed by atoms with Crippen molar-refractivity contribution in [3.8, 4) is 0 Å². The summed E-state index contributed by atoms with van der Waals surface area (Å²) in [7, 11) is 0. The fraction of sp³-hybridized carbons (Fsp3) is 0.667. The van der Waals surface area contributed by atoms with Gasteiger partial charge in [-0.05, 0) is 30.9 Å². The average Bonchev–Trinajstić information content (AvgIpc) is 2.44. The minimum Gasteiger partial charge on any atom is -0.367 e. The molecular formula is C18H30N2O. The highest BCUT2D eigenvalue weighted by Gasteiger charge is 2.16. The van der Waals surface area contributed by atoms with E-state index in [-0.39, 0.29) is 5.78 Å². The molecule has 0 bridgehead atoms. The molecule has 0 aliphatic heterocycles. The number of carbonyl (C=O) groups is 1. The van der Waals surface area contributed by atoms with Crippen LogP contribution in [0.5, 0.6) is 0 Å². The molecule has 0 spiro atoms. The predicted octanol–water partition coefficient (Wildman–Crippen LogP) is 5.08. The summed E-state index contributed by atoms with van der Waals surface area (Å²) in [5, 5.41) is 3.51. The van der Waals surface area contributed by atoms with Crippen LogP contribution in [0, 0.1) is 5.92 Å². The summed E-state index contributed by atoms with van der Waals surface area (Å²) in [5.41, 5.74) is 0.740. The lowest BCUT2D eigenvalue weighted by Crippen LogP contribution is -2.22. The van der Waals surface area contributed by atoms with Gasteiger partial charge in [-0.25, -0.2) is 4.98 Å². The minimum absolute atomic E-state index is 0.186. The highest BCUT2D eigenvalue weighted by atomic mass is 16.1. The molecule has 0 saturated carbocycles. The molecule has 0 amide bonds. The van der Waals surface area contributed by atoms with Crippen LogP contribution < -0.4 is 5.32 Å². The van der Waals surface area contributed by atoms with Gasteiger partial charge >= 0.3 is 0 Å². The van der Waals surface area contributed by atoms with Crippen LogP contribution in [0.4, 0.5) is 5.82 Å². The smallest absolute Gasteiger partial charge is 0.166 e. The van der Waals surface area contributed by atoms with Gasteiger partial charge in [-0.3, -0.25) is 4.79 Å². The van der Waals surface area contributed by atoms with Crippen molar-refractivity contribution in [2.45, 2.75) is 72.3 Å². The number of ketones is 1. The first-order chi connectivity index (χ1) is 10.1. The van der Waals surface area contributed by atoms with Gasteiger partial charge in [0.05, 0.1) is 5.56 Å². The van der Waals surface area contributed by atoms with Crippen molar-refractivity contribution < 1.29 is 4.79 Å². The van der Waals surface area contributed by atoms with Gasteiger partial charge in [-0.15, -0.1) is 0 Å². The molecular weight excluding hydrogens is 260 g/mol. The van der Waals surface area contributed by atoms with E-state index in [1.165, 1.54) is 12.8 Å². The second-order valence-electron chi connectivity index (χ2n) is 6.19. The van der Waals surface area contributed by atoms with E-state index in [1.54, 1.807) is 6.20 Å². The Labute approximate surface area is 129 Å². The lowest BCUT2D eigenvalue weighted by molar-refractivity contribution is 0.0968. The summed E-state index contributed by atoms with van der Waals surface area (Å²) < 4.78 is 0. The maximum absolute atomic E-state index is 12.3. The van der Waals surface area contributed by atoms with Crippen LogP contribution in [0.1, 0.15) is 76.6 Å². The van der Waals surface area contributed by atoms with E-state index in [0.717, 1.165) is 30.6 Å². The van der Waals surface area contributed by atoms with E-state index in [2.05, 4.69) is 38.0 Å². The summed E-state index contributed by atoms with van der Waals surface area (Å²) in [6.07, 6.45) is 8.14. The number of nitrogens with zero attached hydrogens (tertiary/aromatic N) is 1. The monoisotopic (exact) mass is 290 g/mol. The van der Waals surface area contributed by atoms with Crippen LogP contribution >= 0.6 is 0 Å². The molecule has 1 N–H and O–H groups in total. The van der Waals surface area contributed by atoms with E-state index in [0.29, 0.717) is 18.4 Å². The normalized spacial score (nSPS) is 12.4. The summed E-state index contributed by atoms with van der Waals surface area (Å²) in [4.78, 5) is 16.8. The maximum Gasteiger partial charge on any atom is 0.166 e. The number of carbonyl (C=O) groups excluding carboxylic acids is 1. The molecule has 0 radical (unpaired) electrons. The molecule has 0 aliphatic rings. The second kappa shape index (κ2) is 9.54. The third-order valence-electron chi connectivity index (χ3n) is 3.59. The summed E-state index contributed by atoms with van der Waals surface area (Å²) in [5.74, 6) is 1.32. The van der Waals surface area contributed by atoms with Crippen LogP contribution in [0.3, 0.4) is 0 Å². The Hall–Kier alpha value is -1.38. The fourth-order valence-electron chi connectivity index (χ4n) is 2.51. The maximum atomic E-state index is 12.3. The number of Topliss-reactive ketones (excluding diaryl/α,β-unsaturated/α-hetero) is 1. The molecule has 3 nitrogen and oxygen atoms in total. The van der Waals surface area contributed by atoms with Gasteiger partial charge in [0.25, 0.3) is 0 Å². The number of rotatable bonds is 10. The molecule has 21 heavy (non-hydrogen) atoms. The van der Waals surface area contributed by atoms with Crippen LogP contribution in [0.15, 0.2) is 18.3 Å². The van der Waals surface area contributed by atoms with Gasteiger partial charge in [-0.1, -0.05) is 47.0 Å². The van der Waals surface area contributed by atoms with E-state index >= 15 is 0 Å². The molecule has 0 aliphatic carbocycles. The zero-order valence-corrected chi connectivity index (χ0v) is 14.0. The topological polar surface area (TPSA) is 42.0 Å². The van der Waals surface area contributed by atoms with Crippen LogP contribution in [-0.4, -0.2) is 16.8 Å². The van der Waals surface area contributed by atoms with Gasteiger partial charge in [0.15, 0.2) is 5.78 Å². The van der Waals surface area contributed by atoms with Gasteiger partial charge in [0.1, 0.15) is 5.82 Å². The van der Waals surface area contributed by atoms with E-state index in [9.17, 15) is 4.79 Å². The third-order valence-corrected chi connectivity index (χ3v) is 3.59. The zero-order valence-electron chi connectivity index (χ0n) is 14.0. The number of hydrogen-bond donors (Lipinski definition) is 1. The molecule has 1 rings (SSSR count). The zero-order chi connectivity index (χ0) is 15.7. The lowest BCUT2D eigenvalue weighted by Gasteiger charge is -2.20. The predicted molar refractivity (Wildman–Crippen MR) is 89.9 cm³/mol. The first-order valence-corrected chi connectivity index (χ1v) is 8.33. The van der Waals surface area contributed by atoms with Crippen molar-refractivity contribution in [3.05, 3.63) is 23.9 Å². The largest absolute Gasteiger partial charge is 0.367 e. The fourth-order valence-corrected chi connectivity index (χ4v) is 2.51. The number of hydrogen-bond acceptors (Lipinski definition) is 3. The number of anilines is 1. The van der Waals surface area contributed by atoms with Gasteiger partial charge < -0.3 is 5.32 Å². The molecule has 1 atom stereocenters. The Morgan fingerprint density at radius 1 is 1.24 bits per heavy atom. The number of nitrogens with one attached hydrogen (secondary N) is 1. The number of pyridine rings is 1. The SMILES string of the molecule is CCCCC(CCC)Nc1ncccc1C(=O)CC(C)C. The number of aromatic nitrogens is 1. The van der Waals surface area contributed by atoms with Crippen molar-refractivity contribution >= 4 is 11.6 Å². The molecule has 0 aromatic carbocycles. The van der Waals surface area contributed by atoms with Gasteiger partial charge in [0, 0.05) is 18.7 Å².